The molecule has 0 aliphatic rings. The zero-order chi connectivity index (χ0) is 12.5. The van der Waals surface area contributed by atoms with Crippen LogP contribution in [0.1, 0.15) is 30.9 Å². The first kappa shape index (κ1) is 13.6. The molecule has 4 heteroatoms. The van der Waals surface area contributed by atoms with E-state index in [1.54, 1.807) is 6.21 Å². The number of nitrogens with one attached hydrogen (secondary N) is 2. The van der Waals surface area contributed by atoms with Gasteiger partial charge in [0.1, 0.15) is 0 Å². The third-order valence-corrected chi connectivity index (χ3v) is 2.47. The van der Waals surface area contributed by atoms with Crippen molar-refractivity contribution < 1.29 is 0 Å². The molecule has 0 bridgehead atoms. The average Bonchev–Trinajstić information content (AvgIpc) is 2.29. The summed E-state index contributed by atoms with van der Waals surface area (Å²) >= 11 is 5.07. The fourth-order valence-corrected chi connectivity index (χ4v) is 1.49. The topological polar surface area (TPSA) is 36.4 Å². The molecule has 0 unspecified atom stereocenters. The lowest BCUT2D eigenvalue weighted by atomic mass is 10.2. The minimum atomic E-state index is 0.572. The molecule has 1 aromatic carbocycles. The van der Waals surface area contributed by atoms with Gasteiger partial charge >= 0.3 is 0 Å². The molecule has 92 valence electrons. The van der Waals surface area contributed by atoms with Crippen LogP contribution in [0.4, 0.5) is 0 Å². The van der Waals surface area contributed by atoms with Gasteiger partial charge in [0.25, 0.3) is 0 Å². The van der Waals surface area contributed by atoms with Gasteiger partial charge in [0, 0.05) is 6.54 Å². The summed E-state index contributed by atoms with van der Waals surface area (Å²) in [4.78, 5) is 0. The molecular formula is C13H19N3S. The van der Waals surface area contributed by atoms with Gasteiger partial charge in [-0.2, -0.15) is 5.10 Å². The van der Waals surface area contributed by atoms with Gasteiger partial charge in [-0.3, -0.25) is 5.43 Å². The number of aryl methyl sites for hydroxylation is 1. The SMILES string of the molecule is CCCCNC(=S)NN=Cc1cccc(C)c1. The zero-order valence-electron chi connectivity index (χ0n) is 10.4. The maximum Gasteiger partial charge on any atom is 0.186 e. The number of rotatable bonds is 5. The number of thiocarbonyl (C=S) groups is 1. The maximum absolute atomic E-state index is 5.07. The summed E-state index contributed by atoms with van der Waals surface area (Å²) in [7, 11) is 0. The van der Waals surface area contributed by atoms with Crippen molar-refractivity contribution in [2.45, 2.75) is 26.7 Å². The Morgan fingerprint density at radius 2 is 2.29 bits per heavy atom. The van der Waals surface area contributed by atoms with E-state index in [0.717, 1.165) is 24.9 Å². The summed E-state index contributed by atoms with van der Waals surface area (Å²) in [5.41, 5.74) is 5.08. The smallest absolute Gasteiger partial charge is 0.186 e. The molecule has 0 atom stereocenters. The van der Waals surface area contributed by atoms with Crippen LogP contribution in [-0.2, 0) is 0 Å². The Morgan fingerprint density at radius 1 is 1.47 bits per heavy atom. The van der Waals surface area contributed by atoms with Gasteiger partial charge in [-0.25, -0.2) is 0 Å². The average molecular weight is 249 g/mol. The molecule has 0 amide bonds. The van der Waals surface area contributed by atoms with Crippen molar-refractivity contribution in [2.24, 2.45) is 5.10 Å². The summed E-state index contributed by atoms with van der Waals surface area (Å²) in [6.07, 6.45) is 4.03. The number of benzene rings is 1. The predicted octanol–water partition coefficient (Wildman–Crippen LogP) is 2.59. The monoisotopic (exact) mass is 249 g/mol. The van der Waals surface area contributed by atoms with Crippen molar-refractivity contribution in [3.8, 4) is 0 Å². The summed E-state index contributed by atoms with van der Waals surface area (Å²) in [5.74, 6) is 0. The van der Waals surface area contributed by atoms with Crippen LogP contribution in [0.15, 0.2) is 29.4 Å². The summed E-state index contributed by atoms with van der Waals surface area (Å²) in [6.45, 7) is 5.10. The van der Waals surface area contributed by atoms with Gasteiger partial charge in [0.15, 0.2) is 5.11 Å². The molecule has 0 saturated heterocycles. The van der Waals surface area contributed by atoms with Crippen LogP contribution < -0.4 is 10.7 Å². The van der Waals surface area contributed by atoms with Crippen molar-refractivity contribution in [1.29, 1.82) is 0 Å². The van der Waals surface area contributed by atoms with E-state index in [4.69, 9.17) is 12.2 Å². The first-order valence-corrected chi connectivity index (χ1v) is 6.26. The highest BCUT2D eigenvalue weighted by Gasteiger charge is 1.91. The second kappa shape index (κ2) is 7.79. The van der Waals surface area contributed by atoms with Crippen molar-refractivity contribution in [3.05, 3.63) is 35.4 Å². The molecule has 0 spiro atoms. The second-order valence-corrected chi connectivity index (χ2v) is 4.30. The lowest BCUT2D eigenvalue weighted by molar-refractivity contribution is 0.745. The molecule has 0 aliphatic heterocycles. The second-order valence-electron chi connectivity index (χ2n) is 3.89. The van der Waals surface area contributed by atoms with E-state index in [1.807, 2.05) is 12.1 Å². The molecule has 0 aliphatic carbocycles. The van der Waals surface area contributed by atoms with E-state index in [0.29, 0.717) is 5.11 Å². The number of unbranched alkanes of at least 4 members (excludes halogenated alkanes) is 1. The van der Waals surface area contributed by atoms with Crippen LogP contribution in [0.3, 0.4) is 0 Å². The number of nitrogens with zero attached hydrogens (tertiary/aromatic N) is 1. The van der Waals surface area contributed by atoms with E-state index in [1.165, 1.54) is 5.56 Å². The molecule has 0 heterocycles. The standard InChI is InChI=1S/C13H19N3S/c1-3-4-8-14-13(17)16-15-10-12-7-5-6-11(2)9-12/h5-7,9-10H,3-4,8H2,1-2H3,(H2,14,16,17). The molecule has 3 nitrogen and oxygen atoms in total. The minimum absolute atomic E-state index is 0.572. The number of hydrogen-bond donors (Lipinski definition) is 2. The van der Waals surface area contributed by atoms with Crippen LogP contribution in [0.5, 0.6) is 0 Å². The van der Waals surface area contributed by atoms with Crippen molar-refractivity contribution in [3.63, 3.8) is 0 Å². The molecule has 0 fully saturated rings. The summed E-state index contributed by atoms with van der Waals surface area (Å²) < 4.78 is 0. The zero-order valence-corrected chi connectivity index (χ0v) is 11.2. The van der Waals surface area contributed by atoms with E-state index in [9.17, 15) is 0 Å². The fraction of sp³-hybridized carbons (Fsp3) is 0.385. The van der Waals surface area contributed by atoms with Gasteiger partial charge in [-0.1, -0.05) is 43.2 Å². The lowest BCUT2D eigenvalue weighted by Crippen LogP contribution is -2.32. The Bertz CT molecular complexity index is 388. The lowest BCUT2D eigenvalue weighted by Gasteiger charge is -2.05. The molecule has 2 N–H and O–H groups in total. The fourth-order valence-electron chi connectivity index (χ4n) is 1.33. The third-order valence-electron chi connectivity index (χ3n) is 2.24. The van der Waals surface area contributed by atoms with Crippen molar-refractivity contribution in [1.82, 2.24) is 10.7 Å². The van der Waals surface area contributed by atoms with E-state index in [-0.39, 0.29) is 0 Å². The van der Waals surface area contributed by atoms with Crippen LogP contribution in [0.2, 0.25) is 0 Å². The number of hydrazone groups is 1. The minimum Gasteiger partial charge on any atom is -0.361 e. The molecular weight excluding hydrogens is 230 g/mol. The van der Waals surface area contributed by atoms with Crippen LogP contribution in [-0.4, -0.2) is 17.9 Å². The van der Waals surface area contributed by atoms with Crippen LogP contribution in [0, 0.1) is 6.92 Å². The van der Waals surface area contributed by atoms with Gasteiger partial charge in [-0.15, -0.1) is 0 Å². The summed E-state index contributed by atoms with van der Waals surface area (Å²) in [6, 6.07) is 8.14. The maximum atomic E-state index is 5.07. The molecule has 17 heavy (non-hydrogen) atoms. The molecule has 0 radical (unpaired) electrons. The molecule has 0 aromatic heterocycles. The first-order chi connectivity index (χ1) is 8.22. The number of hydrogen-bond acceptors (Lipinski definition) is 2. The van der Waals surface area contributed by atoms with Gasteiger partial charge in [-0.05, 0) is 31.1 Å². The predicted molar refractivity (Wildman–Crippen MR) is 77.4 cm³/mol. The normalized spacial score (nSPS) is 10.5. The third kappa shape index (κ3) is 6.02. The summed E-state index contributed by atoms with van der Waals surface area (Å²) in [5, 5.41) is 7.74. The molecule has 1 aromatic rings. The quantitative estimate of drug-likeness (QED) is 0.364. The molecule has 1 rings (SSSR count). The Morgan fingerprint density at radius 3 is 3.00 bits per heavy atom. The van der Waals surface area contributed by atoms with E-state index >= 15 is 0 Å². The van der Waals surface area contributed by atoms with Gasteiger partial charge < -0.3 is 5.32 Å². The highest BCUT2D eigenvalue weighted by atomic mass is 32.1. The highest BCUT2D eigenvalue weighted by Crippen LogP contribution is 2.00. The first-order valence-electron chi connectivity index (χ1n) is 5.86. The Balaban J connectivity index is 2.32. The Hall–Kier alpha value is -1.42. The van der Waals surface area contributed by atoms with Gasteiger partial charge in [0.2, 0.25) is 0 Å². The Labute approximate surface area is 108 Å². The van der Waals surface area contributed by atoms with E-state index < -0.39 is 0 Å². The van der Waals surface area contributed by atoms with Crippen LogP contribution in [0.25, 0.3) is 0 Å². The van der Waals surface area contributed by atoms with Crippen molar-refractivity contribution in [2.75, 3.05) is 6.54 Å². The van der Waals surface area contributed by atoms with Gasteiger partial charge in [0.05, 0.1) is 6.21 Å². The van der Waals surface area contributed by atoms with E-state index in [2.05, 4.69) is 41.8 Å². The Kier molecular flexibility index (Phi) is 6.25. The van der Waals surface area contributed by atoms with Crippen LogP contribution >= 0.6 is 12.2 Å². The largest absolute Gasteiger partial charge is 0.361 e. The molecule has 0 saturated carbocycles. The highest BCUT2D eigenvalue weighted by molar-refractivity contribution is 7.80. The van der Waals surface area contributed by atoms with Crippen molar-refractivity contribution >= 4 is 23.5 Å².